The van der Waals surface area contributed by atoms with Crippen LogP contribution >= 0.6 is 0 Å². The van der Waals surface area contributed by atoms with Gasteiger partial charge in [-0.3, -0.25) is 0 Å². The van der Waals surface area contributed by atoms with Gasteiger partial charge in [0.05, 0.1) is 11.0 Å². The highest BCUT2D eigenvalue weighted by Gasteiger charge is 2.47. The number of ether oxygens (including phenoxy) is 2. The van der Waals surface area contributed by atoms with Crippen LogP contribution in [0.15, 0.2) is 109 Å². The van der Waals surface area contributed by atoms with E-state index in [9.17, 15) is 22.8 Å². The lowest BCUT2D eigenvalue weighted by atomic mass is 9.78. The number of alkyl halides is 3. The van der Waals surface area contributed by atoms with Gasteiger partial charge in [-0.15, -0.1) is 0 Å². The molecule has 0 unspecified atom stereocenters. The molecular formula is C44H37F3O4. The van der Waals surface area contributed by atoms with Crippen LogP contribution < -0.4 is 0 Å². The van der Waals surface area contributed by atoms with Gasteiger partial charge in [0.1, 0.15) is 13.2 Å². The maximum Gasteiger partial charge on any atom is 0.416 e. The van der Waals surface area contributed by atoms with Crippen LogP contribution in [0.25, 0.3) is 54.6 Å². The molecule has 7 rings (SSSR count). The topological polar surface area (TPSA) is 52.6 Å². The molecule has 0 heterocycles. The molecule has 0 aromatic heterocycles. The first-order valence-electron chi connectivity index (χ1n) is 16.7. The normalized spacial score (nSPS) is 13.7. The van der Waals surface area contributed by atoms with Crippen molar-refractivity contribution in [3.05, 3.63) is 131 Å². The number of fused-ring (bicyclic) bond motifs is 3. The summed E-state index contributed by atoms with van der Waals surface area (Å²) in [4.78, 5) is 25.6. The SMILES string of the molecule is C=C(C)C(=O)OCC1(COC(=O)C(=C)C)c2ccc(C(F)(F)F)cc2-c2ccc(-c3ccc4ccc5cc(C(C)(C)C)cc6ccc3c4c56)cc21. The second-order valence-electron chi connectivity index (χ2n) is 14.8. The molecule has 7 heteroatoms. The van der Waals surface area contributed by atoms with Gasteiger partial charge in [-0.1, -0.05) is 101 Å². The van der Waals surface area contributed by atoms with Gasteiger partial charge in [-0.2, -0.15) is 13.2 Å². The van der Waals surface area contributed by atoms with Gasteiger partial charge >= 0.3 is 18.1 Å². The van der Waals surface area contributed by atoms with E-state index in [-0.39, 0.29) is 29.8 Å². The molecule has 258 valence electrons. The molecule has 0 fully saturated rings. The molecular weight excluding hydrogens is 649 g/mol. The molecule has 6 aromatic rings. The van der Waals surface area contributed by atoms with E-state index in [4.69, 9.17) is 9.47 Å². The molecule has 0 N–H and O–H groups in total. The van der Waals surface area contributed by atoms with E-state index in [2.05, 4.69) is 82.5 Å². The summed E-state index contributed by atoms with van der Waals surface area (Å²) in [6.07, 6.45) is -4.59. The minimum atomic E-state index is -4.59. The van der Waals surface area contributed by atoms with Gasteiger partial charge < -0.3 is 9.47 Å². The van der Waals surface area contributed by atoms with E-state index in [0.717, 1.165) is 50.2 Å². The molecule has 6 aromatic carbocycles. The molecule has 0 spiro atoms. The van der Waals surface area contributed by atoms with Crippen molar-refractivity contribution in [1.29, 1.82) is 0 Å². The third kappa shape index (κ3) is 5.65. The van der Waals surface area contributed by atoms with Crippen LogP contribution in [0.3, 0.4) is 0 Å². The highest BCUT2D eigenvalue weighted by molar-refractivity contribution is 6.25. The molecule has 0 atom stereocenters. The first kappa shape index (κ1) is 34.0. The fourth-order valence-electron chi connectivity index (χ4n) is 7.33. The van der Waals surface area contributed by atoms with Crippen molar-refractivity contribution in [2.24, 2.45) is 0 Å². The van der Waals surface area contributed by atoms with Gasteiger partial charge in [0, 0.05) is 11.1 Å². The van der Waals surface area contributed by atoms with Crippen molar-refractivity contribution in [3.8, 4) is 22.3 Å². The molecule has 0 saturated carbocycles. The van der Waals surface area contributed by atoms with Crippen LogP contribution in [-0.4, -0.2) is 25.2 Å². The molecule has 1 aliphatic carbocycles. The molecule has 0 aliphatic heterocycles. The Balaban J connectivity index is 1.46. The van der Waals surface area contributed by atoms with Crippen molar-refractivity contribution >= 4 is 44.3 Å². The fourth-order valence-corrected chi connectivity index (χ4v) is 7.33. The Hall–Kier alpha value is -5.43. The Morgan fingerprint density at radius 3 is 1.78 bits per heavy atom. The number of carbonyl (C=O) groups excluding carboxylic acids is 2. The fraction of sp³-hybridized carbons (Fsp3) is 0.227. The lowest BCUT2D eigenvalue weighted by molar-refractivity contribution is -0.144. The summed E-state index contributed by atoms with van der Waals surface area (Å²) in [7, 11) is 0. The molecule has 0 radical (unpaired) electrons. The average Bonchev–Trinajstić information content (AvgIpc) is 3.35. The van der Waals surface area contributed by atoms with E-state index >= 15 is 0 Å². The predicted molar refractivity (Wildman–Crippen MR) is 197 cm³/mol. The van der Waals surface area contributed by atoms with Gasteiger partial charge in [0.25, 0.3) is 0 Å². The first-order valence-corrected chi connectivity index (χ1v) is 16.7. The number of rotatable bonds is 7. The van der Waals surface area contributed by atoms with Crippen molar-refractivity contribution in [1.82, 2.24) is 0 Å². The summed E-state index contributed by atoms with van der Waals surface area (Å²) in [5.41, 5.74) is 3.04. The second kappa shape index (κ2) is 11.8. The standard InChI is InChI=1S/C44H37F3O4/c1-24(2)40(48)50-22-43(23-51-41(49)25(3)4)36-17-13-30(44(45,46)47)21-35(36)33-15-11-27(20-37(33)43)32-14-10-26-8-9-28-18-31(42(5,6)7)19-29-12-16-34(32)39(26)38(28)29/h8-21H,1,3,22-23H2,2,4-7H3. The van der Waals surface area contributed by atoms with E-state index in [0.29, 0.717) is 22.3 Å². The maximum atomic E-state index is 14.0. The molecule has 0 saturated heterocycles. The summed E-state index contributed by atoms with van der Waals surface area (Å²) < 4.78 is 53.6. The molecule has 0 bridgehead atoms. The first-order chi connectivity index (χ1) is 24.0. The van der Waals surface area contributed by atoms with Gasteiger partial charge in [0.2, 0.25) is 0 Å². The molecule has 0 amide bonds. The average molecular weight is 687 g/mol. The quantitative estimate of drug-likeness (QED) is 0.0953. The number of hydrogen-bond acceptors (Lipinski definition) is 4. The van der Waals surface area contributed by atoms with E-state index in [1.165, 1.54) is 30.9 Å². The van der Waals surface area contributed by atoms with Crippen LogP contribution in [-0.2, 0) is 36.1 Å². The second-order valence-corrected chi connectivity index (χ2v) is 14.8. The third-order valence-electron chi connectivity index (χ3n) is 10.1. The summed E-state index contributed by atoms with van der Waals surface area (Å²) >= 11 is 0. The maximum absolute atomic E-state index is 14.0. The van der Waals surface area contributed by atoms with E-state index < -0.39 is 29.1 Å². The molecule has 1 aliphatic rings. The largest absolute Gasteiger partial charge is 0.461 e. The summed E-state index contributed by atoms with van der Waals surface area (Å²) in [5.74, 6) is -1.33. The van der Waals surface area contributed by atoms with Crippen LogP contribution in [0, 0.1) is 0 Å². The number of halogens is 3. The van der Waals surface area contributed by atoms with Crippen molar-refractivity contribution in [3.63, 3.8) is 0 Å². The van der Waals surface area contributed by atoms with Crippen molar-refractivity contribution in [2.45, 2.75) is 51.6 Å². The minimum Gasteiger partial charge on any atom is -0.461 e. The summed E-state index contributed by atoms with van der Waals surface area (Å²) in [5, 5.41) is 6.71. The van der Waals surface area contributed by atoms with E-state index in [1.807, 2.05) is 12.1 Å². The lowest BCUT2D eigenvalue weighted by Gasteiger charge is -2.31. The van der Waals surface area contributed by atoms with E-state index in [1.54, 1.807) is 6.07 Å². The minimum absolute atomic E-state index is 0.0254. The number of hydrogen-bond donors (Lipinski definition) is 0. The zero-order valence-corrected chi connectivity index (χ0v) is 29.2. The number of benzene rings is 6. The molecule has 51 heavy (non-hydrogen) atoms. The number of esters is 2. The van der Waals surface area contributed by atoms with Crippen LogP contribution in [0.5, 0.6) is 0 Å². The van der Waals surface area contributed by atoms with Crippen LogP contribution in [0.2, 0.25) is 0 Å². The van der Waals surface area contributed by atoms with Crippen molar-refractivity contribution in [2.75, 3.05) is 13.2 Å². The zero-order chi connectivity index (χ0) is 36.6. The van der Waals surface area contributed by atoms with Crippen molar-refractivity contribution < 1.29 is 32.2 Å². The summed E-state index contributed by atoms with van der Waals surface area (Å²) in [6, 6.07) is 26.4. The van der Waals surface area contributed by atoms with Crippen LogP contribution in [0.1, 0.15) is 56.9 Å². The van der Waals surface area contributed by atoms with Crippen LogP contribution in [0.4, 0.5) is 13.2 Å². The Labute approximate surface area is 294 Å². The highest BCUT2D eigenvalue weighted by atomic mass is 19.4. The summed E-state index contributed by atoms with van der Waals surface area (Å²) in [6.45, 7) is 16.4. The van der Waals surface area contributed by atoms with Gasteiger partial charge in [0.15, 0.2) is 0 Å². The Morgan fingerprint density at radius 1 is 0.627 bits per heavy atom. The Morgan fingerprint density at radius 2 is 1.20 bits per heavy atom. The third-order valence-corrected chi connectivity index (χ3v) is 10.1. The lowest BCUT2D eigenvalue weighted by Crippen LogP contribution is -2.38. The highest BCUT2D eigenvalue weighted by Crippen LogP contribution is 2.52. The Kier molecular flexibility index (Phi) is 7.90. The van der Waals surface area contributed by atoms with Gasteiger partial charge in [-0.05, 0) is 109 Å². The smallest absolute Gasteiger partial charge is 0.416 e. The molecule has 4 nitrogen and oxygen atoms in total. The van der Waals surface area contributed by atoms with Gasteiger partial charge in [-0.25, -0.2) is 9.59 Å². The monoisotopic (exact) mass is 686 g/mol. The predicted octanol–water partition coefficient (Wildman–Crippen LogP) is 11.1. The Bertz CT molecular complexity index is 2400. The number of carbonyl (C=O) groups is 2. The zero-order valence-electron chi connectivity index (χ0n) is 29.2.